The van der Waals surface area contributed by atoms with Crippen molar-refractivity contribution >= 4 is 16.0 Å². The number of carboxylic acids is 1. The number of ether oxygens (including phenoxy) is 1. The molecule has 1 atom stereocenters. The van der Waals surface area contributed by atoms with Crippen LogP contribution in [-0.4, -0.2) is 49.0 Å². The molecule has 9 heteroatoms. The number of aryl methyl sites for hydroxylation is 1. The second-order valence-corrected chi connectivity index (χ2v) is 5.60. The average Bonchev–Trinajstić information content (AvgIpc) is 2.75. The van der Waals surface area contributed by atoms with E-state index in [1.807, 2.05) is 0 Å². The van der Waals surface area contributed by atoms with Gasteiger partial charge in [-0.2, -0.15) is 9.82 Å². The summed E-state index contributed by atoms with van der Waals surface area (Å²) in [5, 5.41) is 12.7. The molecule has 8 nitrogen and oxygen atoms in total. The first-order valence-electron chi connectivity index (χ1n) is 5.60. The molecule has 0 spiro atoms. The molecule has 1 rings (SSSR count). The smallest absolute Gasteiger partial charge is 0.321 e. The Morgan fingerprint density at radius 1 is 1.63 bits per heavy atom. The molecule has 0 aromatic carbocycles. The maximum Gasteiger partial charge on any atom is 0.321 e. The fraction of sp³-hybridized carbons (Fsp3) is 0.600. The summed E-state index contributed by atoms with van der Waals surface area (Å²) in [6.07, 6.45) is 1.93. The molecule has 0 saturated carbocycles. The number of nitrogens with zero attached hydrogens (tertiary/aromatic N) is 2. The second-order valence-electron chi connectivity index (χ2n) is 3.94. The minimum atomic E-state index is -3.90. The van der Waals surface area contributed by atoms with Crippen molar-refractivity contribution in [1.82, 2.24) is 14.5 Å². The van der Waals surface area contributed by atoms with Crippen LogP contribution in [0.3, 0.4) is 0 Å². The molecule has 108 valence electrons. The predicted octanol–water partition coefficient (Wildman–Crippen LogP) is -0.422. The van der Waals surface area contributed by atoms with E-state index >= 15 is 0 Å². The summed E-state index contributed by atoms with van der Waals surface area (Å²) in [6.45, 7) is 0.372. The lowest BCUT2D eigenvalue weighted by molar-refractivity contribution is -0.139. The van der Waals surface area contributed by atoms with Crippen molar-refractivity contribution in [1.29, 1.82) is 0 Å². The van der Waals surface area contributed by atoms with Gasteiger partial charge in [0.05, 0.1) is 6.20 Å². The Bertz CT molecular complexity index is 525. The summed E-state index contributed by atoms with van der Waals surface area (Å²) in [5.41, 5.74) is 0. The summed E-state index contributed by atoms with van der Waals surface area (Å²) in [6, 6.07) is 0.117. The molecule has 1 unspecified atom stereocenters. The van der Waals surface area contributed by atoms with Gasteiger partial charge in [0.2, 0.25) is 0 Å². The summed E-state index contributed by atoms with van der Waals surface area (Å²) in [7, 11) is -0.937. The first-order chi connectivity index (χ1) is 8.88. The Morgan fingerprint density at radius 3 is 2.79 bits per heavy atom. The average molecular weight is 291 g/mol. The SMILES string of the molecule is COCCCC(NS(=O)(=O)c1ccnn1C)C(=O)O. The summed E-state index contributed by atoms with van der Waals surface area (Å²) < 4.78 is 32.1. The van der Waals surface area contributed by atoms with Crippen LogP contribution in [0.15, 0.2) is 17.3 Å². The summed E-state index contributed by atoms with van der Waals surface area (Å²) in [5.74, 6) is -1.22. The van der Waals surface area contributed by atoms with Crippen molar-refractivity contribution in [3.05, 3.63) is 12.3 Å². The molecule has 1 heterocycles. The monoisotopic (exact) mass is 291 g/mol. The maximum absolute atomic E-state index is 12.0. The predicted molar refractivity (Wildman–Crippen MR) is 66.1 cm³/mol. The van der Waals surface area contributed by atoms with Gasteiger partial charge in [-0.3, -0.25) is 9.48 Å². The minimum Gasteiger partial charge on any atom is -0.480 e. The fourth-order valence-electron chi connectivity index (χ4n) is 1.54. The molecular formula is C10H17N3O5S. The van der Waals surface area contributed by atoms with Crippen LogP contribution in [0.2, 0.25) is 0 Å². The number of hydrogen-bond donors (Lipinski definition) is 2. The van der Waals surface area contributed by atoms with E-state index < -0.39 is 22.0 Å². The Morgan fingerprint density at radius 2 is 2.32 bits per heavy atom. The number of aromatic nitrogens is 2. The van der Waals surface area contributed by atoms with E-state index in [0.29, 0.717) is 13.0 Å². The van der Waals surface area contributed by atoms with E-state index in [0.717, 1.165) is 4.68 Å². The summed E-state index contributed by atoms with van der Waals surface area (Å²) in [4.78, 5) is 11.0. The Labute approximate surface area is 111 Å². The van der Waals surface area contributed by atoms with Crippen LogP contribution in [-0.2, 0) is 26.6 Å². The molecule has 0 aliphatic rings. The van der Waals surface area contributed by atoms with E-state index in [2.05, 4.69) is 9.82 Å². The Kier molecular flexibility index (Phi) is 5.45. The second kappa shape index (κ2) is 6.64. The number of aliphatic carboxylic acids is 1. The number of nitrogens with one attached hydrogen (secondary N) is 1. The van der Waals surface area contributed by atoms with Gasteiger partial charge in [0, 0.05) is 20.8 Å². The van der Waals surface area contributed by atoms with Crippen LogP contribution < -0.4 is 4.72 Å². The van der Waals surface area contributed by atoms with Crippen LogP contribution in [0.25, 0.3) is 0 Å². The van der Waals surface area contributed by atoms with E-state index in [1.165, 1.54) is 26.4 Å². The van der Waals surface area contributed by atoms with E-state index in [1.54, 1.807) is 0 Å². The van der Waals surface area contributed by atoms with Gasteiger partial charge in [0.1, 0.15) is 6.04 Å². The third-order valence-electron chi connectivity index (χ3n) is 2.49. The van der Waals surface area contributed by atoms with Crippen molar-refractivity contribution in [2.24, 2.45) is 7.05 Å². The highest BCUT2D eigenvalue weighted by atomic mass is 32.2. The maximum atomic E-state index is 12.0. The largest absolute Gasteiger partial charge is 0.480 e. The molecule has 0 amide bonds. The van der Waals surface area contributed by atoms with Gasteiger partial charge < -0.3 is 9.84 Å². The van der Waals surface area contributed by atoms with Gasteiger partial charge in [-0.05, 0) is 18.9 Å². The highest BCUT2D eigenvalue weighted by Crippen LogP contribution is 2.09. The van der Waals surface area contributed by atoms with Crippen molar-refractivity contribution in [2.45, 2.75) is 23.9 Å². The van der Waals surface area contributed by atoms with Crippen LogP contribution in [0.5, 0.6) is 0 Å². The molecule has 0 saturated heterocycles. The van der Waals surface area contributed by atoms with Crippen molar-refractivity contribution in [3.8, 4) is 0 Å². The highest BCUT2D eigenvalue weighted by molar-refractivity contribution is 7.89. The lowest BCUT2D eigenvalue weighted by Gasteiger charge is -2.14. The van der Waals surface area contributed by atoms with Gasteiger partial charge in [-0.15, -0.1) is 0 Å². The van der Waals surface area contributed by atoms with Crippen LogP contribution in [0, 0.1) is 0 Å². The minimum absolute atomic E-state index is 0.0782. The van der Waals surface area contributed by atoms with E-state index in [4.69, 9.17) is 9.84 Å². The number of rotatable bonds is 8. The quantitative estimate of drug-likeness (QED) is 0.629. The lowest BCUT2D eigenvalue weighted by Crippen LogP contribution is -2.41. The highest BCUT2D eigenvalue weighted by Gasteiger charge is 2.26. The van der Waals surface area contributed by atoms with Crippen molar-refractivity contribution in [3.63, 3.8) is 0 Å². The molecule has 2 N–H and O–H groups in total. The lowest BCUT2D eigenvalue weighted by atomic mass is 10.2. The molecule has 0 radical (unpaired) electrons. The Balaban J connectivity index is 2.79. The standard InChI is InChI=1S/C10H17N3O5S/c1-13-9(5-6-11-13)19(16,17)12-8(10(14)15)4-3-7-18-2/h5-6,8,12H,3-4,7H2,1-2H3,(H,14,15). The molecule has 0 bridgehead atoms. The molecule has 0 fully saturated rings. The zero-order chi connectivity index (χ0) is 14.5. The van der Waals surface area contributed by atoms with Gasteiger partial charge in [-0.25, -0.2) is 8.42 Å². The topological polar surface area (TPSA) is 111 Å². The first kappa shape index (κ1) is 15.6. The zero-order valence-corrected chi connectivity index (χ0v) is 11.6. The van der Waals surface area contributed by atoms with Gasteiger partial charge in [-0.1, -0.05) is 0 Å². The number of hydrogen-bond acceptors (Lipinski definition) is 5. The van der Waals surface area contributed by atoms with Gasteiger partial charge >= 0.3 is 5.97 Å². The van der Waals surface area contributed by atoms with Crippen LogP contribution in [0.1, 0.15) is 12.8 Å². The fourth-order valence-corrected chi connectivity index (χ4v) is 2.89. The van der Waals surface area contributed by atoms with Gasteiger partial charge in [0.25, 0.3) is 10.0 Å². The molecule has 1 aromatic rings. The normalized spacial score (nSPS) is 13.4. The number of carbonyl (C=O) groups is 1. The zero-order valence-electron chi connectivity index (χ0n) is 10.7. The molecule has 0 aliphatic carbocycles. The third kappa shape index (κ3) is 4.30. The molecular weight excluding hydrogens is 274 g/mol. The number of methoxy groups -OCH3 is 1. The molecule has 0 aliphatic heterocycles. The van der Waals surface area contributed by atoms with Gasteiger partial charge in [0.15, 0.2) is 5.03 Å². The molecule has 1 aromatic heterocycles. The van der Waals surface area contributed by atoms with Crippen LogP contribution >= 0.6 is 0 Å². The van der Waals surface area contributed by atoms with E-state index in [9.17, 15) is 13.2 Å². The van der Waals surface area contributed by atoms with Crippen LogP contribution in [0.4, 0.5) is 0 Å². The van der Waals surface area contributed by atoms with Crippen molar-refractivity contribution in [2.75, 3.05) is 13.7 Å². The first-order valence-corrected chi connectivity index (χ1v) is 7.09. The Hall–Kier alpha value is -1.45. The number of carboxylic acid groups (broad SMARTS) is 1. The van der Waals surface area contributed by atoms with E-state index in [-0.39, 0.29) is 11.4 Å². The van der Waals surface area contributed by atoms with Crippen molar-refractivity contribution < 1.29 is 23.1 Å². The number of sulfonamides is 1. The third-order valence-corrected chi connectivity index (χ3v) is 4.03. The summed E-state index contributed by atoms with van der Waals surface area (Å²) >= 11 is 0. The molecule has 19 heavy (non-hydrogen) atoms.